The van der Waals surface area contributed by atoms with Crippen LogP contribution in [0.15, 0.2) is 0 Å². The van der Waals surface area contributed by atoms with Crippen molar-refractivity contribution < 1.29 is 9.90 Å². The van der Waals surface area contributed by atoms with E-state index >= 15 is 0 Å². The quantitative estimate of drug-likeness (QED) is 0.802. The van der Waals surface area contributed by atoms with Gasteiger partial charge in [0, 0.05) is 6.04 Å². The molecule has 0 aromatic carbocycles. The third-order valence-electron chi connectivity index (χ3n) is 5.05. The third kappa shape index (κ3) is 4.79. The first-order valence-electron chi connectivity index (χ1n) is 8.11. The Labute approximate surface area is 117 Å². The lowest BCUT2D eigenvalue weighted by molar-refractivity contribution is -0.143. The molecule has 2 rings (SSSR count). The highest BCUT2D eigenvalue weighted by Gasteiger charge is 2.26. The average Bonchev–Trinajstić information content (AvgIpc) is 2.39. The number of hydrogen-bond donors (Lipinski definition) is 2. The second-order valence-electron chi connectivity index (χ2n) is 6.78. The zero-order chi connectivity index (χ0) is 13.7. The van der Waals surface area contributed by atoms with E-state index < -0.39 is 5.97 Å². The zero-order valence-corrected chi connectivity index (χ0v) is 12.2. The summed E-state index contributed by atoms with van der Waals surface area (Å²) in [6.45, 7) is 3.45. The van der Waals surface area contributed by atoms with Gasteiger partial charge in [0.25, 0.3) is 0 Å². The summed E-state index contributed by atoms with van der Waals surface area (Å²) in [5.41, 5.74) is 0. The zero-order valence-electron chi connectivity index (χ0n) is 12.2. The van der Waals surface area contributed by atoms with Crippen molar-refractivity contribution in [2.45, 2.75) is 70.8 Å². The van der Waals surface area contributed by atoms with Gasteiger partial charge in [0.05, 0.1) is 5.92 Å². The topological polar surface area (TPSA) is 49.3 Å². The number of carbonyl (C=O) groups is 1. The minimum Gasteiger partial charge on any atom is -0.481 e. The molecule has 2 fully saturated rings. The van der Waals surface area contributed by atoms with Gasteiger partial charge < -0.3 is 10.4 Å². The van der Waals surface area contributed by atoms with Gasteiger partial charge in [0.15, 0.2) is 0 Å². The minimum atomic E-state index is -0.604. The van der Waals surface area contributed by atoms with Gasteiger partial charge in [0.2, 0.25) is 0 Å². The van der Waals surface area contributed by atoms with E-state index in [1.165, 1.54) is 32.1 Å². The Morgan fingerprint density at radius 2 is 1.95 bits per heavy atom. The fraction of sp³-hybridized carbons (Fsp3) is 0.938. The van der Waals surface area contributed by atoms with Crippen LogP contribution in [-0.2, 0) is 4.79 Å². The predicted molar refractivity (Wildman–Crippen MR) is 77.1 cm³/mol. The summed E-state index contributed by atoms with van der Waals surface area (Å²) in [7, 11) is 0. The Morgan fingerprint density at radius 3 is 2.68 bits per heavy atom. The van der Waals surface area contributed by atoms with Crippen LogP contribution in [0.2, 0.25) is 0 Å². The number of aliphatic carboxylic acids is 1. The van der Waals surface area contributed by atoms with E-state index in [2.05, 4.69) is 12.2 Å². The first-order chi connectivity index (χ1) is 9.15. The maximum atomic E-state index is 11.0. The Hall–Kier alpha value is -0.570. The van der Waals surface area contributed by atoms with Crippen LogP contribution in [0.5, 0.6) is 0 Å². The molecule has 0 aromatic heterocycles. The van der Waals surface area contributed by atoms with E-state index in [1.54, 1.807) is 0 Å². The molecule has 0 heterocycles. The van der Waals surface area contributed by atoms with Gasteiger partial charge in [-0.2, -0.15) is 0 Å². The van der Waals surface area contributed by atoms with Crippen molar-refractivity contribution in [3.8, 4) is 0 Å². The molecule has 19 heavy (non-hydrogen) atoms. The van der Waals surface area contributed by atoms with Crippen molar-refractivity contribution in [2.75, 3.05) is 6.54 Å². The van der Waals surface area contributed by atoms with Crippen LogP contribution in [0.3, 0.4) is 0 Å². The molecule has 3 heteroatoms. The van der Waals surface area contributed by atoms with Gasteiger partial charge >= 0.3 is 5.97 Å². The van der Waals surface area contributed by atoms with E-state index in [0.717, 1.165) is 44.1 Å². The molecule has 2 saturated carbocycles. The number of carboxylic acid groups (broad SMARTS) is 1. The van der Waals surface area contributed by atoms with E-state index in [4.69, 9.17) is 5.11 Å². The highest BCUT2D eigenvalue weighted by molar-refractivity contribution is 5.70. The normalized spacial score (nSPS) is 36.1. The number of hydrogen-bond acceptors (Lipinski definition) is 2. The van der Waals surface area contributed by atoms with Crippen molar-refractivity contribution in [2.24, 2.45) is 17.8 Å². The summed E-state index contributed by atoms with van der Waals surface area (Å²) in [6, 6.07) is 0.441. The molecule has 4 unspecified atom stereocenters. The van der Waals surface area contributed by atoms with E-state index in [0.29, 0.717) is 6.04 Å². The van der Waals surface area contributed by atoms with E-state index in [1.807, 2.05) is 0 Å². The second kappa shape index (κ2) is 7.28. The minimum absolute atomic E-state index is 0.110. The largest absolute Gasteiger partial charge is 0.481 e. The molecule has 4 atom stereocenters. The Bertz CT molecular complexity index is 292. The van der Waals surface area contributed by atoms with Crippen LogP contribution in [0.4, 0.5) is 0 Å². The maximum Gasteiger partial charge on any atom is 0.306 e. The van der Waals surface area contributed by atoms with E-state index in [9.17, 15) is 4.79 Å². The molecule has 0 bridgehead atoms. The molecular formula is C16H29NO2. The maximum absolute atomic E-state index is 11.0. The van der Waals surface area contributed by atoms with Gasteiger partial charge in [-0.3, -0.25) is 4.79 Å². The van der Waals surface area contributed by atoms with Gasteiger partial charge in [-0.05, 0) is 50.5 Å². The summed E-state index contributed by atoms with van der Waals surface area (Å²) in [5, 5.41) is 12.7. The molecule has 110 valence electrons. The lowest BCUT2D eigenvalue weighted by atomic mass is 9.80. The summed E-state index contributed by atoms with van der Waals surface area (Å²) >= 11 is 0. The molecule has 0 spiro atoms. The molecule has 0 aliphatic heterocycles. The van der Waals surface area contributed by atoms with Crippen LogP contribution >= 0.6 is 0 Å². The molecule has 3 nitrogen and oxygen atoms in total. The van der Waals surface area contributed by atoms with Crippen LogP contribution in [-0.4, -0.2) is 23.7 Å². The van der Waals surface area contributed by atoms with Crippen molar-refractivity contribution >= 4 is 5.97 Å². The third-order valence-corrected chi connectivity index (χ3v) is 5.05. The number of rotatable bonds is 5. The Morgan fingerprint density at radius 1 is 1.16 bits per heavy atom. The summed E-state index contributed by atoms with van der Waals surface area (Å²) in [4.78, 5) is 11.0. The lowest BCUT2D eigenvalue weighted by Crippen LogP contribution is -2.37. The van der Waals surface area contributed by atoms with Crippen molar-refractivity contribution in [3.63, 3.8) is 0 Å². The average molecular weight is 267 g/mol. The molecule has 0 aromatic rings. The van der Waals surface area contributed by atoms with Crippen LogP contribution in [0.1, 0.15) is 64.7 Å². The predicted octanol–water partition coefficient (Wildman–Crippen LogP) is 3.44. The summed E-state index contributed by atoms with van der Waals surface area (Å²) in [6.07, 6.45) is 10.8. The SMILES string of the molecule is CC1CCCC(CCNC2CCCC(C(=O)O)C2)C1. The second-order valence-corrected chi connectivity index (χ2v) is 6.78. The van der Waals surface area contributed by atoms with Gasteiger partial charge in [0.1, 0.15) is 0 Å². The highest BCUT2D eigenvalue weighted by atomic mass is 16.4. The molecule has 2 aliphatic rings. The smallest absolute Gasteiger partial charge is 0.306 e. The standard InChI is InChI=1S/C16H29NO2/c1-12-4-2-5-13(10-12)8-9-17-15-7-3-6-14(11-15)16(18)19/h12-15,17H,2-11H2,1H3,(H,18,19). The van der Waals surface area contributed by atoms with Crippen LogP contribution in [0.25, 0.3) is 0 Å². The Kier molecular flexibility index (Phi) is 5.68. The number of carboxylic acids is 1. The fourth-order valence-corrected chi connectivity index (χ4v) is 3.91. The first-order valence-corrected chi connectivity index (χ1v) is 8.11. The molecule has 0 radical (unpaired) electrons. The molecule has 0 saturated heterocycles. The summed E-state index contributed by atoms with van der Waals surface area (Å²) < 4.78 is 0. The van der Waals surface area contributed by atoms with Crippen molar-refractivity contribution in [3.05, 3.63) is 0 Å². The van der Waals surface area contributed by atoms with Crippen LogP contribution < -0.4 is 5.32 Å². The van der Waals surface area contributed by atoms with Crippen molar-refractivity contribution in [1.29, 1.82) is 0 Å². The fourth-order valence-electron chi connectivity index (χ4n) is 3.91. The van der Waals surface area contributed by atoms with Gasteiger partial charge in [-0.25, -0.2) is 0 Å². The molecular weight excluding hydrogens is 238 g/mol. The molecule has 2 N–H and O–H groups in total. The monoisotopic (exact) mass is 267 g/mol. The molecule has 0 amide bonds. The molecule has 2 aliphatic carbocycles. The van der Waals surface area contributed by atoms with Gasteiger partial charge in [-0.15, -0.1) is 0 Å². The van der Waals surface area contributed by atoms with Gasteiger partial charge in [-0.1, -0.05) is 32.6 Å². The number of nitrogens with one attached hydrogen (secondary N) is 1. The lowest BCUT2D eigenvalue weighted by Gasteiger charge is -2.30. The first kappa shape index (κ1) is 14.8. The Balaban J connectivity index is 1.63. The van der Waals surface area contributed by atoms with E-state index in [-0.39, 0.29) is 5.92 Å². The van der Waals surface area contributed by atoms with Crippen LogP contribution in [0, 0.1) is 17.8 Å². The van der Waals surface area contributed by atoms with Crippen molar-refractivity contribution in [1.82, 2.24) is 5.32 Å². The summed E-state index contributed by atoms with van der Waals surface area (Å²) in [5.74, 6) is 1.09. The highest BCUT2D eigenvalue weighted by Crippen LogP contribution is 2.30.